The molecule has 2 aromatic rings. The highest BCUT2D eigenvalue weighted by Gasteiger charge is 2.48. The molecule has 3 N–H and O–H groups in total. The lowest BCUT2D eigenvalue weighted by Gasteiger charge is -2.35. The minimum Gasteiger partial charge on any atom is -0.483 e. The lowest BCUT2D eigenvalue weighted by atomic mass is 9.88. The molecule has 3 aliphatic rings. The Labute approximate surface area is 247 Å². The molecule has 0 saturated heterocycles. The van der Waals surface area contributed by atoms with Crippen molar-refractivity contribution in [1.29, 1.82) is 0 Å². The molecular weight excluding hydrogens is 538 g/mol. The average Bonchev–Trinajstić information content (AvgIpc) is 3.86. The van der Waals surface area contributed by atoms with Crippen LogP contribution in [0.2, 0.25) is 0 Å². The predicted molar refractivity (Wildman–Crippen MR) is 157 cm³/mol. The summed E-state index contributed by atoms with van der Waals surface area (Å²) in [4.78, 5) is 50.4. The number of amides is 2. The van der Waals surface area contributed by atoms with Gasteiger partial charge in [0.05, 0.1) is 7.11 Å². The molecule has 5 rings (SSSR count). The summed E-state index contributed by atoms with van der Waals surface area (Å²) in [6, 6.07) is 6.32. The van der Waals surface area contributed by atoms with Crippen LogP contribution in [0.25, 0.3) is 0 Å². The number of hydrogen-bond donors (Lipinski definition) is 3. The average molecular weight is 582 g/mol. The molecule has 1 aliphatic heterocycles. The zero-order valence-corrected chi connectivity index (χ0v) is 25.3. The summed E-state index contributed by atoms with van der Waals surface area (Å²) in [6.07, 6.45) is 6.01. The van der Waals surface area contributed by atoms with Gasteiger partial charge in [0.25, 0.3) is 12.4 Å². The first-order valence-corrected chi connectivity index (χ1v) is 14.6. The molecule has 2 heterocycles. The van der Waals surface area contributed by atoms with E-state index < -0.39 is 12.1 Å². The van der Waals surface area contributed by atoms with Gasteiger partial charge in [-0.25, -0.2) is 4.79 Å². The van der Waals surface area contributed by atoms with Crippen molar-refractivity contribution >= 4 is 29.9 Å². The number of aromatic nitrogens is 2. The number of carbonyl (C=O) groups is 4. The number of hydrogen-bond acceptors (Lipinski definition) is 7. The fraction of sp³-hybridized carbons (Fsp3) is 0.581. The molecule has 2 aliphatic carbocycles. The van der Waals surface area contributed by atoms with E-state index in [1.807, 2.05) is 32.0 Å². The second-order valence-electron chi connectivity index (χ2n) is 12.7. The maximum Gasteiger partial charge on any atom is 0.327 e. The van der Waals surface area contributed by atoms with Crippen molar-refractivity contribution in [2.75, 3.05) is 12.4 Å². The van der Waals surface area contributed by atoms with E-state index in [0.29, 0.717) is 29.8 Å². The molecule has 2 atom stereocenters. The molecule has 0 radical (unpaired) electrons. The topological polar surface area (TPSA) is 143 Å². The summed E-state index contributed by atoms with van der Waals surface area (Å²) in [7, 11) is 1.41. The van der Waals surface area contributed by atoms with Crippen LogP contribution in [0.5, 0.6) is 0 Å². The summed E-state index contributed by atoms with van der Waals surface area (Å²) < 4.78 is 6.81. The molecule has 11 nitrogen and oxygen atoms in total. The number of nitrogens with one attached hydrogen (secondary N) is 2. The quantitative estimate of drug-likeness (QED) is 0.296. The second kappa shape index (κ2) is 12.6. The van der Waals surface area contributed by atoms with Crippen molar-refractivity contribution in [3.05, 3.63) is 47.3 Å². The minimum atomic E-state index is -0.629. The fourth-order valence-corrected chi connectivity index (χ4v) is 6.09. The summed E-state index contributed by atoms with van der Waals surface area (Å²) in [5, 5.41) is 17.4. The van der Waals surface area contributed by atoms with Crippen LogP contribution in [0.15, 0.2) is 30.5 Å². The van der Waals surface area contributed by atoms with Crippen molar-refractivity contribution < 1.29 is 29.0 Å². The molecule has 11 heteroatoms. The number of methoxy groups -OCH3 is 1. The second-order valence-corrected chi connectivity index (χ2v) is 12.7. The van der Waals surface area contributed by atoms with Gasteiger partial charge in [-0.05, 0) is 107 Å². The number of benzene rings is 1. The lowest BCUT2D eigenvalue weighted by Crippen LogP contribution is -2.50. The Balaban J connectivity index is 0.00000129. The molecule has 2 amide bonds. The third-order valence-corrected chi connectivity index (χ3v) is 8.32. The number of esters is 1. The first-order valence-electron chi connectivity index (χ1n) is 14.6. The van der Waals surface area contributed by atoms with E-state index in [0.717, 1.165) is 36.8 Å². The van der Waals surface area contributed by atoms with Crippen LogP contribution in [0.3, 0.4) is 0 Å². The summed E-state index contributed by atoms with van der Waals surface area (Å²) in [6.45, 7) is 10.5. The summed E-state index contributed by atoms with van der Waals surface area (Å²) in [5.74, 6) is 0.287. The van der Waals surface area contributed by atoms with Gasteiger partial charge in [-0.1, -0.05) is 6.07 Å². The summed E-state index contributed by atoms with van der Waals surface area (Å²) >= 11 is 0. The predicted octanol–water partition coefficient (Wildman–Crippen LogP) is 4.17. The molecule has 2 unspecified atom stereocenters. The van der Waals surface area contributed by atoms with E-state index in [9.17, 15) is 14.4 Å². The number of rotatable bonds is 9. The zero-order valence-electron chi connectivity index (χ0n) is 25.3. The van der Waals surface area contributed by atoms with Gasteiger partial charge < -0.3 is 20.5 Å². The molecule has 42 heavy (non-hydrogen) atoms. The largest absolute Gasteiger partial charge is 0.483 e. The zero-order chi connectivity index (χ0) is 30.8. The van der Waals surface area contributed by atoms with E-state index in [4.69, 9.17) is 14.6 Å². The number of carbonyl (C=O) groups excluding carboxylic acids is 3. The van der Waals surface area contributed by atoms with Gasteiger partial charge in [0, 0.05) is 30.0 Å². The molecule has 1 aromatic heterocycles. The smallest absolute Gasteiger partial charge is 0.327 e. The van der Waals surface area contributed by atoms with Crippen LogP contribution in [0.4, 0.5) is 5.69 Å². The van der Waals surface area contributed by atoms with Gasteiger partial charge in [-0.2, -0.15) is 5.10 Å². The van der Waals surface area contributed by atoms with Gasteiger partial charge in [-0.15, -0.1) is 0 Å². The van der Waals surface area contributed by atoms with E-state index in [1.165, 1.54) is 7.11 Å². The van der Waals surface area contributed by atoms with Crippen LogP contribution in [0, 0.1) is 17.8 Å². The Kier molecular flexibility index (Phi) is 9.40. The Morgan fingerprint density at radius 3 is 2.24 bits per heavy atom. The maximum absolute atomic E-state index is 13.9. The Bertz CT molecular complexity index is 1300. The molecular formula is C31H43N5O6. The van der Waals surface area contributed by atoms with E-state index in [1.54, 1.807) is 16.9 Å². The molecule has 0 spiro atoms. The van der Waals surface area contributed by atoms with E-state index >= 15 is 0 Å². The van der Waals surface area contributed by atoms with Crippen LogP contribution in [-0.2, 0) is 25.7 Å². The van der Waals surface area contributed by atoms with E-state index in [-0.39, 0.29) is 41.8 Å². The molecule has 0 bridgehead atoms. The first kappa shape index (κ1) is 31.2. The fourth-order valence-electron chi connectivity index (χ4n) is 6.09. The number of nitrogens with zero attached hydrogens (tertiary/aromatic N) is 3. The van der Waals surface area contributed by atoms with Gasteiger partial charge in [0.15, 0.2) is 0 Å². The lowest BCUT2D eigenvalue weighted by molar-refractivity contribution is -0.149. The number of ether oxygens (including phenoxy) is 1. The monoisotopic (exact) mass is 581 g/mol. The standard InChI is InChI=1S/C30H41N5O4.CH2O2/c1-17(2)35-23(13-14-31-35)27(36)33-25(24(18-7-8-18)19-9-10-19)28(37)32-21-11-12-22-20(15-21)16-34(30(3,4)5)26(22)29(38)39-6;2-1-3/h11-15,17-19,24-26H,7-10,16H2,1-6H3,(H,32,37)(H,33,36);1H,(H,2,3). The van der Waals surface area contributed by atoms with Crippen molar-refractivity contribution in [2.45, 2.75) is 90.5 Å². The van der Waals surface area contributed by atoms with Crippen molar-refractivity contribution in [1.82, 2.24) is 20.0 Å². The summed E-state index contributed by atoms with van der Waals surface area (Å²) in [5.41, 5.74) is 2.76. The van der Waals surface area contributed by atoms with Crippen molar-refractivity contribution in [3.63, 3.8) is 0 Å². The van der Waals surface area contributed by atoms with Crippen LogP contribution < -0.4 is 10.6 Å². The minimum absolute atomic E-state index is 0.0311. The van der Waals surface area contributed by atoms with Crippen LogP contribution in [-0.4, -0.2) is 62.7 Å². The maximum atomic E-state index is 13.9. The number of carboxylic acid groups (broad SMARTS) is 1. The van der Waals surface area contributed by atoms with Crippen molar-refractivity contribution in [2.24, 2.45) is 17.8 Å². The van der Waals surface area contributed by atoms with Gasteiger partial charge in [0.2, 0.25) is 5.91 Å². The van der Waals surface area contributed by atoms with E-state index in [2.05, 4.69) is 41.4 Å². The normalized spacial score (nSPS) is 19.0. The molecule has 1 aromatic carbocycles. The highest BCUT2D eigenvalue weighted by Crippen LogP contribution is 2.51. The SMILES string of the molecule is COC(=O)C1c2ccc(NC(=O)C(NC(=O)c3ccnn3C(C)C)C(C3CC3)C3CC3)cc2CN1C(C)(C)C.O=CO. The Hall–Kier alpha value is -3.73. The Morgan fingerprint density at radius 1 is 1.10 bits per heavy atom. The molecule has 2 fully saturated rings. The Morgan fingerprint density at radius 2 is 1.71 bits per heavy atom. The van der Waals surface area contributed by atoms with Gasteiger partial charge in [0.1, 0.15) is 17.8 Å². The van der Waals surface area contributed by atoms with Crippen LogP contribution in [0.1, 0.15) is 94.0 Å². The first-order chi connectivity index (χ1) is 19.9. The number of fused-ring (bicyclic) bond motifs is 1. The third kappa shape index (κ3) is 6.83. The molecule has 228 valence electrons. The van der Waals surface area contributed by atoms with Crippen molar-refractivity contribution in [3.8, 4) is 0 Å². The van der Waals surface area contributed by atoms with Crippen LogP contribution >= 0.6 is 0 Å². The van der Waals surface area contributed by atoms with Gasteiger partial charge in [-0.3, -0.25) is 24.0 Å². The third-order valence-electron chi connectivity index (χ3n) is 8.32. The highest BCUT2D eigenvalue weighted by molar-refractivity contribution is 6.01. The molecule has 2 saturated carbocycles. The number of anilines is 1. The van der Waals surface area contributed by atoms with Gasteiger partial charge >= 0.3 is 5.97 Å². The highest BCUT2D eigenvalue weighted by atomic mass is 16.5.